The predicted octanol–water partition coefficient (Wildman–Crippen LogP) is 2.04. The third-order valence-electron chi connectivity index (χ3n) is 3.65. The number of rotatable bonds is 7. The Kier molecular flexibility index (Phi) is 6.91. The van der Waals surface area contributed by atoms with E-state index in [0.29, 0.717) is 30.8 Å². The SMILES string of the molecule is CC(=O)Nc1ccc(C(=O)NCCNC(=O)Cc2cccc(C)c2)cc1. The minimum Gasteiger partial charge on any atom is -0.354 e. The third kappa shape index (κ3) is 6.39. The molecular weight excluding hydrogens is 330 g/mol. The van der Waals surface area contributed by atoms with Gasteiger partial charge in [0.25, 0.3) is 5.91 Å². The molecule has 0 radical (unpaired) electrons. The van der Waals surface area contributed by atoms with E-state index in [1.54, 1.807) is 24.3 Å². The molecule has 2 rings (SSSR count). The first-order chi connectivity index (χ1) is 12.4. The molecule has 6 heteroatoms. The lowest BCUT2D eigenvalue weighted by Crippen LogP contribution is -2.35. The topological polar surface area (TPSA) is 87.3 Å². The minimum atomic E-state index is -0.229. The molecule has 0 unspecified atom stereocenters. The first-order valence-electron chi connectivity index (χ1n) is 8.42. The maximum atomic E-state index is 12.0. The molecule has 2 aromatic rings. The number of nitrogens with one attached hydrogen (secondary N) is 3. The molecule has 2 aromatic carbocycles. The van der Waals surface area contributed by atoms with Crippen molar-refractivity contribution >= 4 is 23.4 Å². The third-order valence-corrected chi connectivity index (χ3v) is 3.65. The Morgan fingerprint density at radius 3 is 2.27 bits per heavy atom. The lowest BCUT2D eigenvalue weighted by Gasteiger charge is -2.08. The Hall–Kier alpha value is -3.15. The molecule has 6 nitrogen and oxygen atoms in total. The fourth-order valence-corrected chi connectivity index (χ4v) is 2.46. The summed E-state index contributed by atoms with van der Waals surface area (Å²) in [5.74, 6) is -0.472. The van der Waals surface area contributed by atoms with Crippen molar-refractivity contribution in [3.05, 3.63) is 65.2 Å². The quantitative estimate of drug-likeness (QED) is 0.666. The molecule has 0 spiro atoms. The lowest BCUT2D eigenvalue weighted by atomic mass is 10.1. The molecule has 0 heterocycles. The van der Waals surface area contributed by atoms with E-state index in [4.69, 9.17) is 0 Å². The van der Waals surface area contributed by atoms with Crippen LogP contribution in [0, 0.1) is 6.92 Å². The summed E-state index contributed by atoms with van der Waals surface area (Å²) in [7, 11) is 0. The average Bonchev–Trinajstić information content (AvgIpc) is 2.58. The molecule has 3 amide bonds. The van der Waals surface area contributed by atoms with E-state index < -0.39 is 0 Å². The van der Waals surface area contributed by atoms with Crippen molar-refractivity contribution in [2.24, 2.45) is 0 Å². The maximum absolute atomic E-state index is 12.0. The van der Waals surface area contributed by atoms with E-state index in [2.05, 4.69) is 16.0 Å². The Labute approximate surface area is 153 Å². The molecule has 0 atom stereocenters. The predicted molar refractivity (Wildman–Crippen MR) is 101 cm³/mol. The van der Waals surface area contributed by atoms with Gasteiger partial charge in [-0.1, -0.05) is 29.8 Å². The molecule has 0 aliphatic carbocycles. The fourth-order valence-electron chi connectivity index (χ4n) is 2.46. The second kappa shape index (κ2) is 9.36. The van der Waals surface area contributed by atoms with Crippen LogP contribution in [0.1, 0.15) is 28.4 Å². The summed E-state index contributed by atoms with van der Waals surface area (Å²) in [5.41, 5.74) is 3.21. The molecule has 0 aliphatic rings. The van der Waals surface area contributed by atoms with E-state index in [0.717, 1.165) is 11.1 Å². The van der Waals surface area contributed by atoms with Crippen LogP contribution in [0.2, 0.25) is 0 Å². The Morgan fingerprint density at radius 1 is 0.923 bits per heavy atom. The summed E-state index contributed by atoms with van der Waals surface area (Å²) >= 11 is 0. The molecule has 0 fully saturated rings. The molecule has 0 saturated heterocycles. The number of aryl methyl sites for hydroxylation is 1. The van der Waals surface area contributed by atoms with E-state index in [1.165, 1.54) is 6.92 Å². The highest BCUT2D eigenvalue weighted by atomic mass is 16.2. The molecule has 0 saturated carbocycles. The second-order valence-corrected chi connectivity index (χ2v) is 6.03. The molecule has 0 bridgehead atoms. The molecular formula is C20H23N3O3. The zero-order valence-electron chi connectivity index (χ0n) is 15.0. The first kappa shape index (κ1) is 19.2. The van der Waals surface area contributed by atoms with Crippen LogP contribution in [0.25, 0.3) is 0 Å². The normalized spacial score (nSPS) is 10.1. The highest BCUT2D eigenvalue weighted by Crippen LogP contribution is 2.09. The van der Waals surface area contributed by atoms with Crippen LogP contribution in [0.4, 0.5) is 5.69 Å². The lowest BCUT2D eigenvalue weighted by molar-refractivity contribution is -0.120. The van der Waals surface area contributed by atoms with Crippen molar-refractivity contribution in [3.63, 3.8) is 0 Å². The number of anilines is 1. The van der Waals surface area contributed by atoms with Gasteiger partial charge in [-0.15, -0.1) is 0 Å². The largest absolute Gasteiger partial charge is 0.354 e. The first-order valence-corrected chi connectivity index (χ1v) is 8.42. The van der Waals surface area contributed by atoms with Gasteiger partial charge in [0.05, 0.1) is 6.42 Å². The second-order valence-electron chi connectivity index (χ2n) is 6.03. The minimum absolute atomic E-state index is 0.0792. The maximum Gasteiger partial charge on any atom is 0.251 e. The van der Waals surface area contributed by atoms with Gasteiger partial charge >= 0.3 is 0 Å². The number of hydrogen-bond acceptors (Lipinski definition) is 3. The van der Waals surface area contributed by atoms with Gasteiger partial charge in [0, 0.05) is 31.3 Å². The molecule has 0 aromatic heterocycles. The summed E-state index contributed by atoms with van der Waals surface area (Å²) < 4.78 is 0. The molecule has 3 N–H and O–H groups in total. The summed E-state index contributed by atoms with van der Waals surface area (Å²) in [6.45, 7) is 4.11. The Balaban J connectivity index is 1.71. The van der Waals surface area contributed by atoms with Gasteiger partial charge < -0.3 is 16.0 Å². The van der Waals surface area contributed by atoms with Crippen LogP contribution < -0.4 is 16.0 Å². The van der Waals surface area contributed by atoms with E-state index in [1.807, 2.05) is 31.2 Å². The van der Waals surface area contributed by atoms with Crippen LogP contribution in [0.15, 0.2) is 48.5 Å². The zero-order valence-corrected chi connectivity index (χ0v) is 15.0. The van der Waals surface area contributed by atoms with Crippen LogP contribution in [-0.2, 0) is 16.0 Å². The van der Waals surface area contributed by atoms with Gasteiger partial charge in [0.15, 0.2) is 0 Å². The van der Waals surface area contributed by atoms with E-state index >= 15 is 0 Å². The summed E-state index contributed by atoms with van der Waals surface area (Å²) in [6, 6.07) is 14.4. The zero-order chi connectivity index (χ0) is 18.9. The summed E-state index contributed by atoms with van der Waals surface area (Å²) in [4.78, 5) is 34.9. The van der Waals surface area contributed by atoms with Gasteiger partial charge in [0.2, 0.25) is 11.8 Å². The van der Waals surface area contributed by atoms with Crippen molar-refractivity contribution in [1.29, 1.82) is 0 Å². The van der Waals surface area contributed by atoms with E-state index in [9.17, 15) is 14.4 Å². The highest BCUT2D eigenvalue weighted by Gasteiger charge is 2.06. The Morgan fingerprint density at radius 2 is 1.62 bits per heavy atom. The Bertz CT molecular complexity index is 785. The highest BCUT2D eigenvalue weighted by molar-refractivity contribution is 5.95. The number of carbonyl (C=O) groups is 3. The van der Waals surface area contributed by atoms with Crippen molar-refractivity contribution in [1.82, 2.24) is 10.6 Å². The van der Waals surface area contributed by atoms with Gasteiger partial charge in [-0.2, -0.15) is 0 Å². The van der Waals surface area contributed by atoms with Crippen molar-refractivity contribution < 1.29 is 14.4 Å². The average molecular weight is 353 g/mol. The van der Waals surface area contributed by atoms with E-state index in [-0.39, 0.29) is 17.7 Å². The van der Waals surface area contributed by atoms with Crippen molar-refractivity contribution in [3.8, 4) is 0 Å². The van der Waals surface area contributed by atoms with Gasteiger partial charge in [-0.3, -0.25) is 14.4 Å². The van der Waals surface area contributed by atoms with Gasteiger partial charge in [0.1, 0.15) is 0 Å². The van der Waals surface area contributed by atoms with Crippen molar-refractivity contribution in [2.45, 2.75) is 20.3 Å². The fraction of sp³-hybridized carbons (Fsp3) is 0.250. The monoisotopic (exact) mass is 353 g/mol. The molecule has 26 heavy (non-hydrogen) atoms. The van der Waals surface area contributed by atoms with Crippen LogP contribution in [0.3, 0.4) is 0 Å². The van der Waals surface area contributed by atoms with Crippen molar-refractivity contribution in [2.75, 3.05) is 18.4 Å². The molecule has 136 valence electrons. The van der Waals surface area contributed by atoms with Crippen LogP contribution in [-0.4, -0.2) is 30.8 Å². The number of carbonyl (C=O) groups excluding carboxylic acids is 3. The smallest absolute Gasteiger partial charge is 0.251 e. The van der Waals surface area contributed by atoms with Crippen LogP contribution in [0.5, 0.6) is 0 Å². The van der Waals surface area contributed by atoms with Gasteiger partial charge in [-0.05, 0) is 36.8 Å². The van der Waals surface area contributed by atoms with Gasteiger partial charge in [-0.25, -0.2) is 0 Å². The number of benzene rings is 2. The number of hydrogen-bond donors (Lipinski definition) is 3. The molecule has 0 aliphatic heterocycles. The summed E-state index contributed by atoms with van der Waals surface area (Å²) in [5, 5.41) is 8.17. The summed E-state index contributed by atoms with van der Waals surface area (Å²) in [6.07, 6.45) is 0.320. The van der Waals surface area contributed by atoms with Crippen LogP contribution >= 0.6 is 0 Å². The number of amides is 3. The standard InChI is InChI=1S/C20H23N3O3/c1-14-4-3-5-16(12-14)13-19(25)21-10-11-22-20(26)17-6-8-18(9-7-17)23-15(2)24/h3-9,12H,10-11,13H2,1-2H3,(H,21,25)(H,22,26)(H,23,24).